The molecular formula is C12H18N2O2. The zero-order valence-corrected chi connectivity index (χ0v) is 9.52. The molecule has 1 atom stereocenters. The van der Waals surface area contributed by atoms with Crippen molar-refractivity contribution in [1.29, 1.82) is 5.26 Å². The number of rotatable bonds is 7. The number of amides is 1. The van der Waals surface area contributed by atoms with Gasteiger partial charge in [0.2, 0.25) is 5.91 Å². The molecule has 0 aromatic carbocycles. The fourth-order valence-corrected chi connectivity index (χ4v) is 2.03. The van der Waals surface area contributed by atoms with Crippen molar-refractivity contribution in [3.8, 4) is 6.07 Å². The molecule has 0 aromatic rings. The smallest absolute Gasteiger partial charge is 0.223 e. The largest absolute Gasteiger partial charge is 0.333 e. The Morgan fingerprint density at radius 1 is 1.38 bits per heavy atom. The summed E-state index contributed by atoms with van der Waals surface area (Å²) in [5.41, 5.74) is 0. The molecule has 0 N–H and O–H groups in total. The number of carbonyl (C=O) groups is 2. The van der Waals surface area contributed by atoms with Crippen molar-refractivity contribution in [2.45, 2.75) is 51.0 Å². The molecular weight excluding hydrogens is 204 g/mol. The molecule has 0 radical (unpaired) electrons. The van der Waals surface area contributed by atoms with Crippen molar-refractivity contribution >= 4 is 12.2 Å². The highest BCUT2D eigenvalue weighted by Gasteiger charge is 2.29. The van der Waals surface area contributed by atoms with Gasteiger partial charge in [-0.3, -0.25) is 4.79 Å². The van der Waals surface area contributed by atoms with Crippen molar-refractivity contribution in [3.63, 3.8) is 0 Å². The molecule has 1 aliphatic heterocycles. The van der Waals surface area contributed by atoms with Gasteiger partial charge in [-0.1, -0.05) is 12.8 Å². The van der Waals surface area contributed by atoms with Crippen LogP contribution >= 0.6 is 0 Å². The second kappa shape index (κ2) is 7.00. The molecule has 0 bridgehead atoms. The van der Waals surface area contributed by atoms with Gasteiger partial charge in [0.15, 0.2) is 0 Å². The Labute approximate surface area is 96.2 Å². The van der Waals surface area contributed by atoms with Crippen LogP contribution in [0.5, 0.6) is 0 Å². The number of nitrogens with zero attached hydrogens (tertiary/aromatic N) is 2. The van der Waals surface area contributed by atoms with Gasteiger partial charge in [-0.05, 0) is 19.3 Å². The topological polar surface area (TPSA) is 61.2 Å². The van der Waals surface area contributed by atoms with Gasteiger partial charge in [-0.25, -0.2) is 0 Å². The SMILES string of the molecule is N#CCCCCCCN1C(=O)CCC1C=O. The Bertz CT molecular complexity index is 283. The monoisotopic (exact) mass is 222 g/mol. The average Bonchev–Trinajstić information content (AvgIpc) is 2.65. The first kappa shape index (κ1) is 12.7. The molecule has 88 valence electrons. The van der Waals surface area contributed by atoms with E-state index in [-0.39, 0.29) is 11.9 Å². The van der Waals surface area contributed by atoms with Gasteiger partial charge < -0.3 is 9.69 Å². The molecule has 4 nitrogen and oxygen atoms in total. The number of hydrogen-bond acceptors (Lipinski definition) is 3. The van der Waals surface area contributed by atoms with Crippen molar-refractivity contribution in [2.24, 2.45) is 0 Å². The lowest BCUT2D eigenvalue weighted by molar-refractivity contribution is -0.131. The number of aldehydes is 1. The molecule has 0 aromatic heterocycles. The van der Waals surface area contributed by atoms with Gasteiger partial charge in [0.05, 0.1) is 12.1 Å². The summed E-state index contributed by atoms with van der Waals surface area (Å²) in [5, 5.41) is 8.36. The predicted molar refractivity (Wildman–Crippen MR) is 59.5 cm³/mol. The maximum Gasteiger partial charge on any atom is 0.223 e. The van der Waals surface area contributed by atoms with E-state index in [1.807, 2.05) is 0 Å². The molecule has 1 rings (SSSR count). The van der Waals surface area contributed by atoms with Gasteiger partial charge in [0.1, 0.15) is 6.29 Å². The molecule has 1 amide bonds. The van der Waals surface area contributed by atoms with Crippen LogP contribution in [0.3, 0.4) is 0 Å². The maximum atomic E-state index is 11.4. The summed E-state index contributed by atoms with van der Waals surface area (Å²) < 4.78 is 0. The first-order valence-electron chi connectivity index (χ1n) is 5.91. The zero-order valence-electron chi connectivity index (χ0n) is 9.52. The zero-order chi connectivity index (χ0) is 11.8. The minimum Gasteiger partial charge on any atom is -0.333 e. The van der Waals surface area contributed by atoms with E-state index in [1.54, 1.807) is 4.90 Å². The summed E-state index contributed by atoms with van der Waals surface area (Å²) in [7, 11) is 0. The van der Waals surface area contributed by atoms with Crippen molar-refractivity contribution in [1.82, 2.24) is 4.90 Å². The highest BCUT2D eigenvalue weighted by atomic mass is 16.2. The number of unbranched alkanes of at least 4 members (excludes halogenated alkanes) is 4. The van der Waals surface area contributed by atoms with Crippen LogP contribution in [0.2, 0.25) is 0 Å². The van der Waals surface area contributed by atoms with Crippen molar-refractivity contribution in [3.05, 3.63) is 0 Å². The molecule has 0 spiro atoms. The van der Waals surface area contributed by atoms with Crippen LogP contribution in [0.1, 0.15) is 44.9 Å². The first-order chi connectivity index (χ1) is 7.79. The third kappa shape index (κ3) is 3.65. The summed E-state index contributed by atoms with van der Waals surface area (Å²) in [6.45, 7) is 0.689. The van der Waals surface area contributed by atoms with Gasteiger partial charge in [-0.15, -0.1) is 0 Å². The third-order valence-corrected chi connectivity index (χ3v) is 2.97. The number of hydrogen-bond donors (Lipinski definition) is 0. The van der Waals surface area contributed by atoms with Crippen LogP contribution in [0.25, 0.3) is 0 Å². The van der Waals surface area contributed by atoms with E-state index in [2.05, 4.69) is 6.07 Å². The molecule has 1 saturated heterocycles. The van der Waals surface area contributed by atoms with Crippen LogP contribution in [-0.4, -0.2) is 29.7 Å². The predicted octanol–water partition coefficient (Wildman–Crippen LogP) is 1.65. The number of likely N-dealkylation sites (tertiary alicyclic amines) is 1. The maximum absolute atomic E-state index is 11.4. The molecule has 16 heavy (non-hydrogen) atoms. The summed E-state index contributed by atoms with van der Waals surface area (Å²) in [4.78, 5) is 23.8. The lowest BCUT2D eigenvalue weighted by Crippen LogP contribution is -2.34. The molecule has 1 fully saturated rings. The second-order valence-corrected chi connectivity index (χ2v) is 4.15. The van der Waals surface area contributed by atoms with Crippen LogP contribution in [0, 0.1) is 11.3 Å². The average molecular weight is 222 g/mol. The minimum absolute atomic E-state index is 0.106. The van der Waals surface area contributed by atoms with Gasteiger partial charge in [-0.2, -0.15) is 5.26 Å². The van der Waals surface area contributed by atoms with Gasteiger partial charge >= 0.3 is 0 Å². The summed E-state index contributed by atoms with van der Waals surface area (Å²) in [6, 6.07) is 1.92. The lowest BCUT2D eigenvalue weighted by Gasteiger charge is -2.20. The second-order valence-electron chi connectivity index (χ2n) is 4.15. The summed E-state index contributed by atoms with van der Waals surface area (Å²) >= 11 is 0. The van der Waals surface area contributed by atoms with Crippen LogP contribution in [0.4, 0.5) is 0 Å². The van der Waals surface area contributed by atoms with Crippen molar-refractivity contribution < 1.29 is 9.59 Å². The van der Waals surface area contributed by atoms with E-state index in [9.17, 15) is 9.59 Å². The Balaban J connectivity index is 2.14. The standard InChI is InChI=1S/C12H18N2O2/c13-8-4-2-1-3-5-9-14-11(10-15)6-7-12(14)16/h10-11H,1-7,9H2. The van der Waals surface area contributed by atoms with Gasteiger partial charge in [0.25, 0.3) is 0 Å². The Morgan fingerprint density at radius 3 is 2.81 bits per heavy atom. The molecule has 0 saturated carbocycles. The van der Waals surface area contributed by atoms with E-state index in [0.717, 1.165) is 32.0 Å². The first-order valence-corrected chi connectivity index (χ1v) is 5.91. The van der Waals surface area contributed by atoms with E-state index < -0.39 is 0 Å². The quantitative estimate of drug-likeness (QED) is 0.486. The fraction of sp³-hybridized carbons (Fsp3) is 0.750. The Kier molecular flexibility index (Phi) is 5.55. The fourth-order valence-electron chi connectivity index (χ4n) is 2.03. The van der Waals surface area contributed by atoms with Gasteiger partial charge in [0, 0.05) is 19.4 Å². The number of carbonyl (C=O) groups excluding carboxylic acids is 2. The van der Waals surface area contributed by atoms with E-state index in [0.29, 0.717) is 25.8 Å². The normalized spacial score (nSPS) is 19.8. The lowest BCUT2D eigenvalue weighted by atomic mass is 10.1. The van der Waals surface area contributed by atoms with E-state index in [4.69, 9.17) is 5.26 Å². The van der Waals surface area contributed by atoms with E-state index in [1.165, 1.54) is 0 Å². The van der Waals surface area contributed by atoms with E-state index >= 15 is 0 Å². The highest BCUT2D eigenvalue weighted by molar-refractivity contribution is 5.83. The minimum atomic E-state index is -0.188. The molecule has 0 aliphatic carbocycles. The van der Waals surface area contributed by atoms with Crippen molar-refractivity contribution in [2.75, 3.05) is 6.54 Å². The molecule has 1 heterocycles. The molecule has 1 unspecified atom stereocenters. The number of nitriles is 1. The third-order valence-electron chi connectivity index (χ3n) is 2.97. The Morgan fingerprint density at radius 2 is 2.12 bits per heavy atom. The summed E-state index contributed by atoms with van der Waals surface area (Å²) in [5.74, 6) is 0.106. The molecule has 4 heteroatoms. The van der Waals surface area contributed by atoms with Crippen LogP contribution in [0.15, 0.2) is 0 Å². The summed E-state index contributed by atoms with van der Waals surface area (Å²) in [6.07, 6.45) is 6.59. The Hall–Kier alpha value is -1.37. The molecule has 1 aliphatic rings. The van der Waals surface area contributed by atoms with Crippen LogP contribution < -0.4 is 0 Å². The highest BCUT2D eigenvalue weighted by Crippen LogP contribution is 2.17. The van der Waals surface area contributed by atoms with Crippen LogP contribution in [-0.2, 0) is 9.59 Å².